The summed E-state index contributed by atoms with van der Waals surface area (Å²) in [7, 11) is 3.45. The number of halogens is 1. The second-order valence-electron chi connectivity index (χ2n) is 8.71. The van der Waals surface area contributed by atoms with Gasteiger partial charge in [-0.3, -0.25) is 0 Å². The molecule has 0 radical (unpaired) electrons. The van der Waals surface area contributed by atoms with Gasteiger partial charge in [-0.2, -0.15) is 0 Å². The first-order valence-electron chi connectivity index (χ1n) is 11.6. The minimum absolute atomic E-state index is 0.278. The number of hydrogen-bond acceptors (Lipinski definition) is 2. The number of hydrogen-bond donors (Lipinski definition) is 0. The third-order valence-electron chi connectivity index (χ3n) is 6.83. The van der Waals surface area contributed by atoms with E-state index in [1.165, 1.54) is 21.5 Å². The van der Waals surface area contributed by atoms with Crippen molar-refractivity contribution in [2.75, 3.05) is 20.4 Å². The van der Waals surface area contributed by atoms with Gasteiger partial charge in [-0.25, -0.2) is 0 Å². The second-order valence-corrected chi connectivity index (χ2v) is 17.8. The first-order chi connectivity index (χ1) is 16.5. The van der Waals surface area contributed by atoms with Crippen LogP contribution < -0.4 is 25.4 Å². The summed E-state index contributed by atoms with van der Waals surface area (Å²) < 4.78 is 11.2. The Kier molecular flexibility index (Phi) is 7.45. The van der Waals surface area contributed by atoms with Crippen molar-refractivity contribution in [2.24, 2.45) is 0 Å². The topological polar surface area (TPSA) is 18.5 Å². The summed E-state index contributed by atoms with van der Waals surface area (Å²) in [6.07, 6.45) is 1.95. The molecule has 0 heterocycles. The van der Waals surface area contributed by atoms with Gasteiger partial charge in [0.1, 0.15) is 0 Å². The van der Waals surface area contributed by atoms with E-state index in [-0.39, 0.29) is 5.92 Å². The van der Waals surface area contributed by atoms with Gasteiger partial charge < -0.3 is 0 Å². The predicted octanol–water partition coefficient (Wildman–Crippen LogP) is 7.04. The van der Waals surface area contributed by atoms with E-state index in [9.17, 15) is 0 Å². The molecule has 0 saturated heterocycles. The SMILES string of the molecule is COc1ccc(OC)c(C(C)CCP(Br)(c2ccccc2)(c2ccccc2)c2ccccc2)c1. The molecule has 0 aliphatic rings. The average Bonchev–Trinajstić information content (AvgIpc) is 2.92. The average molecular weight is 535 g/mol. The van der Waals surface area contributed by atoms with Gasteiger partial charge in [0, 0.05) is 0 Å². The van der Waals surface area contributed by atoms with Crippen molar-refractivity contribution in [3.05, 3.63) is 115 Å². The molecule has 0 fully saturated rings. The van der Waals surface area contributed by atoms with Crippen molar-refractivity contribution < 1.29 is 9.47 Å². The van der Waals surface area contributed by atoms with Crippen molar-refractivity contribution >= 4 is 36.7 Å². The third-order valence-corrected chi connectivity index (χ3v) is 16.8. The maximum atomic E-state index is 5.72. The Labute approximate surface area is 211 Å². The van der Waals surface area contributed by atoms with Crippen LogP contribution >= 0.6 is 20.8 Å². The molecule has 4 aromatic carbocycles. The molecule has 0 bridgehead atoms. The number of rotatable bonds is 9. The zero-order valence-corrected chi connectivity index (χ0v) is 22.5. The van der Waals surface area contributed by atoms with Crippen molar-refractivity contribution in [2.45, 2.75) is 19.3 Å². The van der Waals surface area contributed by atoms with Gasteiger partial charge in [0.15, 0.2) is 0 Å². The first kappa shape index (κ1) is 24.5. The van der Waals surface area contributed by atoms with Gasteiger partial charge in [-0.15, -0.1) is 0 Å². The van der Waals surface area contributed by atoms with E-state index >= 15 is 0 Å². The first-order valence-corrected chi connectivity index (χ1v) is 16.1. The van der Waals surface area contributed by atoms with Crippen LogP contribution in [0.4, 0.5) is 0 Å². The standard InChI is InChI=1S/C30H32BrO2P/c1-24(29-23-25(32-2)19-20-30(29)33-3)21-22-34(31,26-13-7-4-8-14-26,27-15-9-5-10-16-27)28-17-11-6-12-18-28/h4-20,23-24H,21-22H2,1-3H3. The molecule has 4 aromatic rings. The maximum absolute atomic E-state index is 5.72. The van der Waals surface area contributed by atoms with Crippen LogP contribution in [0.5, 0.6) is 11.5 Å². The molecule has 4 heteroatoms. The number of ether oxygens (including phenoxy) is 2. The molecule has 0 saturated carbocycles. The van der Waals surface area contributed by atoms with E-state index in [1.54, 1.807) is 14.2 Å². The van der Waals surface area contributed by atoms with Gasteiger partial charge in [0.25, 0.3) is 0 Å². The van der Waals surface area contributed by atoms with Crippen molar-refractivity contribution in [1.82, 2.24) is 0 Å². The molecule has 2 nitrogen and oxygen atoms in total. The molecule has 0 aromatic heterocycles. The summed E-state index contributed by atoms with van der Waals surface area (Å²) in [5.74, 6) is 2.04. The van der Waals surface area contributed by atoms with E-state index in [2.05, 4.69) is 119 Å². The van der Waals surface area contributed by atoms with Crippen LogP contribution in [0.25, 0.3) is 0 Å². The van der Waals surface area contributed by atoms with Crippen LogP contribution in [0.15, 0.2) is 109 Å². The minimum atomic E-state index is -2.95. The molecule has 0 aliphatic carbocycles. The Morgan fingerprint density at radius 1 is 0.676 bits per heavy atom. The van der Waals surface area contributed by atoms with Gasteiger partial charge >= 0.3 is 212 Å². The van der Waals surface area contributed by atoms with Crippen molar-refractivity contribution in [3.63, 3.8) is 0 Å². The van der Waals surface area contributed by atoms with Crippen LogP contribution in [-0.2, 0) is 0 Å². The Bertz CT molecular complexity index is 1110. The molecule has 0 amide bonds. The summed E-state index contributed by atoms with van der Waals surface area (Å²) in [4.78, 5) is 0. The quantitative estimate of drug-likeness (QED) is 0.214. The normalized spacial score (nSPS) is 13.5. The number of benzene rings is 4. The van der Waals surface area contributed by atoms with Crippen LogP contribution in [0, 0.1) is 0 Å². The molecular weight excluding hydrogens is 503 g/mol. The predicted molar refractivity (Wildman–Crippen MR) is 152 cm³/mol. The second kappa shape index (κ2) is 10.3. The van der Waals surface area contributed by atoms with Crippen LogP contribution in [0.3, 0.4) is 0 Å². The van der Waals surface area contributed by atoms with E-state index in [0.29, 0.717) is 0 Å². The number of methoxy groups -OCH3 is 2. The molecule has 1 atom stereocenters. The molecule has 176 valence electrons. The summed E-state index contributed by atoms with van der Waals surface area (Å²) in [6, 6.07) is 38.9. The van der Waals surface area contributed by atoms with Crippen LogP contribution in [0.1, 0.15) is 24.8 Å². The molecule has 0 N–H and O–H groups in total. The molecule has 4 rings (SSSR count). The molecular formula is C30H32BrO2P. The molecule has 0 aliphatic heterocycles. The zero-order chi connectivity index (χ0) is 24.0. The zero-order valence-electron chi connectivity index (χ0n) is 20.0. The molecule has 0 spiro atoms. The van der Waals surface area contributed by atoms with Gasteiger partial charge in [0.05, 0.1) is 0 Å². The molecule has 1 unspecified atom stereocenters. The van der Waals surface area contributed by atoms with E-state index in [4.69, 9.17) is 9.47 Å². The van der Waals surface area contributed by atoms with Crippen LogP contribution in [-0.4, -0.2) is 20.4 Å². The van der Waals surface area contributed by atoms with E-state index in [1.807, 2.05) is 12.1 Å². The summed E-state index contributed by atoms with van der Waals surface area (Å²) >= 11 is 4.56. The Hall–Kier alpha value is -2.61. The van der Waals surface area contributed by atoms with Crippen molar-refractivity contribution in [3.8, 4) is 11.5 Å². The third kappa shape index (κ3) is 4.40. The monoisotopic (exact) mass is 534 g/mol. The Balaban J connectivity index is 1.87. The van der Waals surface area contributed by atoms with E-state index < -0.39 is 5.31 Å². The van der Waals surface area contributed by atoms with Gasteiger partial charge in [0.2, 0.25) is 0 Å². The Morgan fingerprint density at radius 3 is 1.56 bits per heavy atom. The summed E-state index contributed by atoms with van der Waals surface area (Å²) in [5.41, 5.74) is 1.17. The van der Waals surface area contributed by atoms with Crippen molar-refractivity contribution in [1.29, 1.82) is 0 Å². The molecule has 34 heavy (non-hydrogen) atoms. The van der Waals surface area contributed by atoms with E-state index in [0.717, 1.165) is 24.1 Å². The fourth-order valence-electron chi connectivity index (χ4n) is 4.87. The summed E-state index contributed by atoms with van der Waals surface area (Å²) in [6.45, 7) is 2.28. The Morgan fingerprint density at radius 2 is 1.15 bits per heavy atom. The van der Waals surface area contributed by atoms with Gasteiger partial charge in [-0.1, -0.05) is 0 Å². The van der Waals surface area contributed by atoms with Crippen LogP contribution in [0.2, 0.25) is 0 Å². The summed E-state index contributed by atoms with van der Waals surface area (Å²) in [5, 5.41) is 1.08. The fraction of sp³-hybridized carbons (Fsp3) is 0.200. The fourth-order valence-corrected chi connectivity index (χ4v) is 12.5. The van der Waals surface area contributed by atoms with Gasteiger partial charge in [-0.05, 0) is 0 Å².